The summed E-state index contributed by atoms with van der Waals surface area (Å²) in [6.07, 6.45) is 3.68. The van der Waals surface area contributed by atoms with Gasteiger partial charge in [-0.25, -0.2) is 13.2 Å². The second-order valence-corrected chi connectivity index (χ2v) is 8.68. The Morgan fingerprint density at radius 1 is 1.03 bits per heavy atom. The SMILES string of the molecule is NC(CC(=O)N1CCC2CN(C(=O)CC3CC3)CC21)Cc1cc(F)c(F)cc1F. The fraction of sp³-hybridized carbons (Fsp3) is 0.619. The van der Waals surface area contributed by atoms with E-state index in [4.69, 9.17) is 5.73 Å². The van der Waals surface area contributed by atoms with Crippen molar-refractivity contribution in [2.75, 3.05) is 19.6 Å². The van der Waals surface area contributed by atoms with E-state index in [1.165, 1.54) is 0 Å². The highest BCUT2D eigenvalue weighted by Crippen LogP contribution is 2.36. The molecule has 0 aromatic heterocycles. The Kier molecular flexibility index (Phi) is 5.55. The third kappa shape index (κ3) is 4.42. The summed E-state index contributed by atoms with van der Waals surface area (Å²) in [5, 5.41) is 0. The highest BCUT2D eigenvalue weighted by Gasteiger charge is 2.45. The van der Waals surface area contributed by atoms with Crippen LogP contribution >= 0.6 is 0 Å². The number of carbonyl (C=O) groups is 2. The van der Waals surface area contributed by atoms with Crippen molar-refractivity contribution in [3.05, 3.63) is 35.1 Å². The summed E-state index contributed by atoms with van der Waals surface area (Å²) in [4.78, 5) is 28.8. The molecule has 1 aromatic carbocycles. The summed E-state index contributed by atoms with van der Waals surface area (Å²) in [6, 6.07) is 0.602. The van der Waals surface area contributed by atoms with Crippen molar-refractivity contribution in [3.63, 3.8) is 0 Å². The highest BCUT2D eigenvalue weighted by atomic mass is 19.2. The first kappa shape index (κ1) is 20.2. The summed E-state index contributed by atoms with van der Waals surface area (Å²) >= 11 is 0. The van der Waals surface area contributed by atoms with Gasteiger partial charge in [0.25, 0.3) is 0 Å². The van der Waals surface area contributed by atoms with Gasteiger partial charge in [0.1, 0.15) is 5.82 Å². The predicted molar refractivity (Wildman–Crippen MR) is 100 cm³/mol. The van der Waals surface area contributed by atoms with Crippen LogP contribution in [0.4, 0.5) is 13.2 Å². The van der Waals surface area contributed by atoms with E-state index in [1.54, 1.807) is 4.90 Å². The average Bonchev–Trinajstić information content (AvgIpc) is 3.22. The molecule has 1 aliphatic carbocycles. The molecule has 5 nitrogen and oxygen atoms in total. The quantitative estimate of drug-likeness (QED) is 0.733. The molecule has 2 heterocycles. The van der Waals surface area contributed by atoms with Gasteiger partial charge in [-0.15, -0.1) is 0 Å². The van der Waals surface area contributed by atoms with Gasteiger partial charge in [-0.05, 0) is 43.2 Å². The first-order valence-electron chi connectivity index (χ1n) is 10.3. The van der Waals surface area contributed by atoms with Crippen molar-refractivity contribution >= 4 is 11.8 Å². The van der Waals surface area contributed by atoms with Gasteiger partial charge in [0, 0.05) is 50.5 Å². The van der Waals surface area contributed by atoms with Crippen molar-refractivity contribution < 1.29 is 22.8 Å². The Labute approximate surface area is 168 Å². The van der Waals surface area contributed by atoms with Gasteiger partial charge < -0.3 is 15.5 Å². The molecule has 8 heteroatoms. The van der Waals surface area contributed by atoms with Gasteiger partial charge in [-0.3, -0.25) is 9.59 Å². The van der Waals surface area contributed by atoms with E-state index in [0.717, 1.165) is 25.3 Å². The molecule has 4 rings (SSSR count). The second-order valence-electron chi connectivity index (χ2n) is 8.68. The van der Waals surface area contributed by atoms with Crippen LogP contribution in [0.1, 0.15) is 37.7 Å². The molecule has 29 heavy (non-hydrogen) atoms. The van der Waals surface area contributed by atoms with Crippen molar-refractivity contribution in [1.82, 2.24) is 9.80 Å². The van der Waals surface area contributed by atoms with E-state index in [0.29, 0.717) is 44.0 Å². The van der Waals surface area contributed by atoms with E-state index < -0.39 is 23.5 Å². The van der Waals surface area contributed by atoms with Crippen LogP contribution in [0.3, 0.4) is 0 Å². The number of nitrogens with two attached hydrogens (primary N) is 1. The normalized spacial score (nSPS) is 24.7. The third-order valence-electron chi connectivity index (χ3n) is 6.39. The van der Waals surface area contributed by atoms with Crippen molar-refractivity contribution in [3.8, 4) is 0 Å². The van der Waals surface area contributed by atoms with Gasteiger partial charge in [-0.2, -0.15) is 0 Å². The van der Waals surface area contributed by atoms with Crippen molar-refractivity contribution in [1.29, 1.82) is 0 Å². The van der Waals surface area contributed by atoms with Gasteiger partial charge >= 0.3 is 0 Å². The maximum atomic E-state index is 13.8. The molecule has 3 fully saturated rings. The van der Waals surface area contributed by atoms with E-state index in [1.807, 2.05) is 4.90 Å². The minimum absolute atomic E-state index is 0.00231. The molecule has 0 radical (unpaired) electrons. The first-order chi connectivity index (χ1) is 13.8. The molecule has 2 saturated heterocycles. The smallest absolute Gasteiger partial charge is 0.224 e. The summed E-state index contributed by atoms with van der Waals surface area (Å²) < 4.78 is 40.2. The zero-order valence-electron chi connectivity index (χ0n) is 16.3. The number of hydrogen-bond acceptors (Lipinski definition) is 3. The number of benzene rings is 1. The van der Waals surface area contributed by atoms with Gasteiger partial charge in [0.05, 0.1) is 6.04 Å². The molecule has 0 bridgehead atoms. The summed E-state index contributed by atoms with van der Waals surface area (Å²) in [5.41, 5.74) is 5.97. The Morgan fingerprint density at radius 2 is 1.76 bits per heavy atom. The lowest BCUT2D eigenvalue weighted by atomic mass is 10.0. The third-order valence-corrected chi connectivity index (χ3v) is 6.39. The maximum absolute atomic E-state index is 13.8. The van der Waals surface area contributed by atoms with Crippen LogP contribution < -0.4 is 5.73 Å². The van der Waals surface area contributed by atoms with E-state index in [-0.39, 0.29) is 36.3 Å². The number of hydrogen-bond donors (Lipinski definition) is 1. The topological polar surface area (TPSA) is 66.6 Å². The summed E-state index contributed by atoms with van der Waals surface area (Å²) in [5.74, 6) is -2.37. The van der Waals surface area contributed by atoms with Crippen LogP contribution in [-0.2, 0) is 16.0 Å². The maximum Gasteiger partial charge on any atom is 0.224 e. The lowest BCUT2D eigenvalue weighted by Crippen LogP contribution is -2.43. The van der Waals surface area contributed by atoms with Crippen LogP contribution in [0.5, 0.6) is 0 Å². The van der Waals surface area contributed by atoms with Crippen molar-refractivity contribution in [2.24, 2.45) is 17.6 Å². The second kappa shape index (κ2) is 7.97. The molecule has 0 spiro atoms. The molecule has 3 atom stereocenters. The number of likely N-dealkylation sites (tertiary alicyclic amines) is 2. The number of amides is 2. The summed E-state index contributed by atoms with van der Waals surface area (Å²) in [6.45, 7) is 1.90. The van der Waals surface area contributed by atoms with E-state index >= 15 is 0 Å². The van der Waals surface area contributed by atoms with Crippen LogP contribution in [0, 0.1) is 29.3 Å². The van der Waals surface area contributed by atoms with E-state index in [9.17, 15) is 22.8 Å². The largest absolute Gasteiger partial charge is 0.340 e. The Balaban J connectivity index is 1.32. The molecule has 2 amide bonds. The molecule has 2 N–H and O–H groups in total. The fourth-order valence-corrected chi connectivity index (χ4v) is 4.59. The predicted octanol–water partition coefficient (Wildman–Crippen LogP) is 2.22. The summed E-state index contributed by atoms with van der Waals surface area (Å²) in [7, 11) is 0. The monoisotopic (exact) mass is 409 g/mol. The number of carbonyl (C=O) groups excluding carboxylic acids is 2. The zero-order valence-corrected chi connectivity index (χ0v) is 16.3. The fourth-order valence-electron chi connectivity index (χ4n) is 4.59. The van der Waals surface area contributed by atoms with E-state index in [2.05, 4.69) is 0 Å². The molecule has 158 valence electrons. The lowest BCUT2D eigenvalue weighted by Gasteiger charge is -2.26. The minimum Gasteiger partial charge on any atom is -0.340 e. The number of fused-ring (bicyclic) bond motifs is 1. The van der Waals surface area contributed by atoms with Crippen molar-refractivity contribution in [2.45, 2.75) is 50.6 Å². The van der Waals surface area contributed by atoms with Crippen LogP contribution in [0.2, 0.25) is 0 Å². The zero-order chi connectivity index (χ0) is 20.7. The number of halogens is 3. The minimum atomic E-state index is -1.25. The molecular weight excluding hydrogens is 383 g/mol. The van der Waals surface area contributed by atoms with Crippen LogP contribution in [0.15, 0.2) is 12.1 Å². The highest BCUT2D eigenvalue weighted by molar-refractivity contribution is 5.79. The Hall–Kier alpha value is -2.09. The van der Waals surface area contributed by atoms with Gasteiger partial charge in [-0.1, -0.05) is 0 Å². The van der Waals surface area contributed by atoms with Gasteiger partial charge in [0.15, 0.2) is 11.6 Å². The molecule has 3 unspecified atom stereocenters. The molecule has 3 aliphatic rings. The first-order valence-corrected chi connectivity index (χ1v) is 10.3. The van der Waals surface area contributed by atoms with Gasteiger partial charge in [0.2, 0.25) is 11.8 Å². The van der Waals surface area contributed by atoms with Crippen LogP contribution in [0.25, 0.3) is 0 Å². The molecule has 1 saturated carbocycles. The molecule has 1 aromatic rings. The number of nitrogens with zero attached hydrogens (tertiary/aromatic N) is 2. The lowest BCUT2D eigenvalue weighted by molar-refractivity contribution is -0.134. The standard InChI is InChI=1S/C21H26F3N3O2/c22-16-9-18(24)17(23)7-14(16)6-15(25)8-21(29)27-4-3-13-10-26(11-19(13)27)20(28)5-12-1-2-12/h7,9,12-13,15,19H,1-6,8,10-11,25H2. The molecule has 2 aliphatic heterocycles. The van der Waals surface area contributed by atoms with Crippen LogP contribution in [-0.4, -0.2) is 53.3 Å². The average molecular weight is 409 g/mol. The molecular formula is C21H26F3N3O2. The Bertz CT molecular complexity index is 815. The number of rotatable bonds is 6. The Morgan fingerprint density at radius 3 is 2.48 bits per heavy atom.